The smallest absolute Gasteiger partial charge is 0.0992 e. The van der Waals surface area contributed by atoms with Crippen molar-refractivity contribution in [3.05, 3.63) is 28.8 Å². The number of nitrogens with one attached hydrogen (secondary N) is 1. The summed E-state index contributed by atoms with van der Waals surface area (Å²) in [6.07, 6.45) is 5.03. The van der Waals surface area contributed by atoms with Gasteiger partial charge in [0.15, 0.2) is 0 Å². The summed E-state index contributed by atoms with van der Waals surface area (Å²) >= 11 is 6.15. The van der Waals surface area contributed by atoms with Gasteiger partial charge in [0, 0.05) is 6.54 Å². The number of rotatable bonds is 7. The molecule has 0 spiro atoms. The summed E-state index contributed by atoms with van der Waals surface area (Å²) < 4.78 is 0. The van der Waals surface area contributed by atoms with Gasteiger partial charge in [0.05, 0.1) is 22.3 Å². The molecule has 0 heterocycles. The Morgan fingerprint density at radius 2 is 2.05 bits per heavy atom. The topological polar surface area (TPSA) is 35.8 Å². The van der Waals surface area contributed by atoms with Gasteiger partial charge in [-0.25, -0.2) is 0 Å². The van der Waals surface area contributed by atoms with Gasteiger partial charge in [-0.2, -0.15) is 5.26 Å². The SMILES string of the molecule is CCCCCC(C)(C)CNc1ccc(C#N)cc1Cl. The Morgan fingerprint density at radius 1 is 1.32 bits per heavy atom. The Bertz CT molecular complexity index is 447. The highest BCUT2D eigenvalue weighted by Gasteiger charge is 2.17. The first-order valence-electron chi connectivity index (χ1n) is 6.92. The Morgan fingerprint density at radius 3 is 2.63 bits per heavy atom. The Hall–Kier alpha value is -1.20. The second kappa shape index (κ2) is 7.40. The molecule has 0 bridgehead atoms. The van der Waals surface area contributed by atoms with Gasteiger partial charge in [0.25, 0.3) is 0 Å². The van der Waals surface area contributed by atoms with Gasteiger partial charge >= 0.3 is 0 Å². The van der Waals surface area contributed by atoms with Gasteiger partial charge in [-0.1, -0.05) is 51.6 Å². The van der Waals surface area contributed by atoms with Crippen LogP contribution in [0.25, 0.3) is 0 Å². The third-order valence-corrected chi connectivity index (χ3v) is 3.63. The second-order valence-electron chi connectivity index (χ2n) is 5.78. The van der Waals surface area contributed by atoms with E-state index in [1.165, 1.54) is 25.7 Å². The molecule has 0 aromatic heterocycles. The van der Waals surface area contributed by atoms with E-state index in [4.69, 9.17) is 16.9 Å². The third kappa shape index (κ3) is 5.53. The van der Waals surface area contributed by atoms with E-state index >= 15 is 0 Å². The summed E-state index contributed by atoms with van der Waals surface area (Å²) in [5.41, 5.74) is 1.76. The summed E-state index contributed by atoms with van der Waals surface area (Å²) in [5, 5.41) is 12.8. The van der Waals surface area contributed by atoms with Crippen molar-refractivity contribution in [2.75, 3.05) is 11.9 Å². The number of anilines is 1. The number of halogens is 1. The van der Waals surface area contributed by atoms with Crippen LogP contribution in [0.5, 0.6) is 0 Å². The number of nitriles is 1. The molecule has 104 valence electrons. The van der Waals surface area contributed by atoms with Crippen molar-refractivity contribution in [2.24, 2.45) is 5.41 Å². The van der Waals surface area contributed by atoms with Crippen molar-refractivity contribution in [1.29, 1.82) is 5.26 Å². The van der Waals surface area contributed by atoms with Gasteiger partial charge in [-0.05, 0) is 30.0 Å². The van der Waals surface area contributed by atoms with E-state index in [9.17, 15) is 0 Å². The van der Waals surface area contributed by atoms with E-state index < -0.39 is 0 Å². The normalized spacial score (nSPS) is 11.1. The predicted octanol–water partition coefficient (Wildman–Crippen LogP) is 5.23. The van der Waals surface area contributed by atoms with Gasteiger partial charge in [0.1, 0.15) is 0 Å². The second-order valence-corrected chi connectivity index (χ2v) is 6.19. The average Bonchev–Trinajstić information content (AvgIpc) is 2.37. The first-order chi connectivity index (χ1) is 8.98. The molecule has 0 atom stereocenters. The Labute approximate surface area is 121 Å². The van der Waals surface area contributed by atoms with Crippen molar-refractivity contribution in [3.8, 4) is 6.07 Å². The van der Waals surface area contributed by atoms with Crippen LogP contribution in [0.3, 0.4) is 0 Å². The molecule has 0 radical (unpaired) electrons. The van der Waals surface area contributed by atoms with Crippen molar-refractivity contribution < 1.29 is 0 Å². The third-order valence-electron chi connectivity index (χ3n) is 3.31. The van der Waals surface area contributed by atoms with Crippen molar-refractivity contribution in [3.63, 3.8) is 0 Å². The van der Waals surface area contributed by atoms with E-state index in [2.05, 4.69) is 32.2 Å². The molecular formula is C16H23ClN2. The minimum atomic E-state index is 0.256. The summed E-state index contributed by atoms with van der Waals surface area (Å²) in [6.45, 7) is 7.66. The summed E-state index contributed by atoms with van der Waals surface area (Å²) in [5.74, 6) is 0. The van der Waals surface area contributed by atoms with E-state index in [1.54, 1.807) is 12.1 Å². The maximum atomic E-state index is 8.80. The highest BCUT2D eigenvalue weighted by molar-refractivity contribution is 6.33. The van der Waals surface area contributed by atoms with Crippen LogP contribution in [0, 0.1) is 16.7 Å². The van der Waals surface area contributed by atoms with Crippen LogP contribution in [0.2, 0.25) is 5.02 Å². The number of unbranched alkanes of at least 4 members (excludes halogenated alkanes) is 2. The highest BCUT2D eigenvalue weighted by atomic mass is 35.5. The lowest BCUT2D eigenvalue weighted by Gasteiger charge is -2.26. The van der Waals surface area contributed by atoms with Gasteiger partial charge < -0.3 is 5.32 Å². The quantitative estimate of drug-likeness (QED) is 0.693. The molecule has 0 amide bonds. The fourth-order valence-electron chi connectivity index (χ4n) is 2.00. The molecule has 3 heteroatoms. The van der Waals surface area contributed by atoms with Crippen LogP contribution < -0.4 is 5.32 Å². The van der Waals surface area contributed by atoms with E-state index in [-0.39, 0.29) is 5.41 Å². The maximum absolute atomic E-state index is 8.80. The van der Waals surface area contributed by atoms with Gasteiger partial charge in [-0.15, -0.1) is 0 Å². The Balaban J connectivity index is 2.54. The molecular weight excluding hydrogens is 256 g/mol. The number of nitrogens with zero attached hydrogens (tertiary/aromatic N) is 1. The first kappa shape index (κ1) is 15.9. The Kier molecular flexibility index (Phi) is 6.18. The van der Waals surface area contributed by atoms with Crippen LogP contribution in [0.1, 0.15) is 52.0 Å². The molecule has 2 nitrogen and oxygen atoms in total. The number of hydrogen-bond acceptors (Lipinski definition) is 2. The van der Waals surface area contributed by atoms with Crippen molar-refractivity contribution in [1.82, 2.24) is 0 Å². The zero-order chi connectivity index (χ0) is 14.3. The predicted molar refractivity (Wildman–Crippen MR) is 82.6 cm³/mol. The van der Waals surface area contributed by atoms with E-state index in [0.29, 0.717) is 10.6 Å². The zero-order valence-electron chi connectivity index (χ0n) is 12.1. The lowest BCUT2D eigenvalue weighted by molar-refractivity contribution is 0.342. The molecule has 0 unspecified atom stereocenters. The minimum absolute atomic E-state index is 0.256. The molecule has 0 saturated heterocycles. The summed E-state index contributed by atoms with van der Waals surface area (Å²) in [7, 11) is 0. The van der Waals surface area contributed by atoms with E-state index in [0.717, 1.165) is 12.2 Å². The molecule has 0 fully saturated rings. The standard InChI is InChI=1S/C16H23ClN2/c1-4-5-6-9-16(2,3)12-19-15-8-7-13(11-18)10-14(15)17/h7-8,10,19H,4-6,9,12H2,1-3H3. The summed E-state index contributed by atoms with van der Waals surface area (Å²) in [6, 6.07) is 7.46. The van der Waals surface area contributed by atoms with E-state index in [1.807, 2.05) is 6.07 Å². The first-order valence-corrected chi connectivity index (χ1v) is 7.30. The minimum Gasteiger partial charge on any atom is -0.383 e. The van der Waals surface area contributed by atoms with Crippen LogP contribution in [0.15, 0.2) is 18.2 Å². The van der Waals surface area contributed by atoms with Gasteiger partial charge in [0.2, 0.25) is 0 Å². The molecule has 1 rings (SSSR count). The molecule has 1 N–H and O–H groups in total. The van der Waals surface area contributed by atoms with Crippen LogP contribution >= 0.6 is 11.6 Å². The largest absolute Gasteiger partial charge is 0.383 e. The van der Waals surface area contributed by atoms with Crippen LogP contribution in [0.4, 0.5) is 5.69 Å². The van der Waals surface area contributed by atoms with Crippen LogP contribution in [-0.4, -0.2) is 6.54 Å². The zero-order valence-corrected chi connectivity index (χ0v) is 12.8. The van der Waals surface area contributed by atoms with Crippen molar-refractivity contribution in [2.45, 2.75) is 46.5 Å². The van der Waals surface area contributed by atoms with Crippen molar-refractivity contribution >= 4 is 17.3 Å². The highest BCUT2D eigenvalue weighted by Crippen LogP contribution is 2.27. The maximum Gasteiger partial charge on any atom is 0.0992 e. The van der Waals surface area contributed by atoms with Crippen LogP contribution in [-0.2, 0) is 0 Å². The fraction of sp³-hybridized carbons (Fsp3) is 0.562. The number of benzene rings is 1. The molecule has 0 aliphatic heterocycles. The fourth-order valence-corrected chi connectivity index (χ4v) is 2.25. The molecule has 0 aliphatic carbocycles. The average molecular weight is 279 g/mol. The monoisotopic (exact) mass is 278 g/mol. The lowest BCUT2D eigenvalue weighted by Crippen LogP contribution is -2.23. The molecule has 0 saturated carbocycles. The van der Waals surface area contributed by atoms with Gasteiger partial charge in [-0.3, -0.25) is 0 Å². The number of hydrogen-bond donors (Lipinski definition) is 1. The summed E-state index contributed by atoms with van der Waals surface area (Å²) in [4.78, 5) is 0. The molecule has 0 aliphatic rings. The molecule has 19 heavy (non-hydrogen) atoms. The lowest BCUT2D eigenvalue weighted by atomic mass is 9.87. The molecule has 1 aromatic carbocycles. The molecule has 1 aromatic rings.